The Kier molecular flexibility index (Phi) is 4.75. The first-order valence-corrected chi connectivity index (χ1v) is 8.03. The molecule has 3 rings (SSSR count). The highest BCUT2D eigenvalue weighted by atomic mass is 16.2. The Balaban J connectivity index is 1.71. The Morgan fingerprint density at radius 3 is 2.64 bits per heavy atom. The largest absolute Gasteiger partial charge is 0.336 e. The van der Waals surface area contributed by atoms with Gasteiger partial charge in [0, 0.05) is 12.3 Å². The number of nitrogens with one attached hydrogen (secondary N) is 2. The second-order valence-electron chi connectivity index (χ2n) is 5.95. The molecule has 1 aliphatic heterocycles. The van der Waals surface area contributed by atoms with E-state index in [0.29, 0.717) is 11.4 Å². The zero-order valence-electron chi connectivity index (χ0n) is 14.1. The number of hydrogen-bond donors (Lipinski definition) is 2. The van der Waals surface area contributed by atoms with Gasteiger partial charge < -0.3 is 10.6 Å². The molecule has 25 heavy (non-hydrogen) atoms. The van der Waals surface area contributed by atoms with Crippen LogP contribution in [0.2, 0.25) is 0 Å². The van der Waals surface area contributed by atoms with E-state index in [2.05, 4.69) is 15.6 Å². The SMILES string of the molecule is Cc1cc2c(cc1C)NC(=O)[C@@H](NC(=O)/C=C\c1ccccc1)C=N2. The molecule has 0 radical (unpaired) electrons. The van der Waals surface area contributed by atoms with Crippen molar-refractivity contribution in [2.45, 2.75) is 19.9 Å². The highest BCUT2D eigenvalue weighted by molar-refractivity contribution is 6.11. The van der Waals surface area contributed by atoms with Gasteiger partial charge in [0.15, 0.2) is 0 Å². The van der Waals surface area contributed by atoms with Crippen LogP contribution < -0.4 is 10.6 Å². The summed E-state index contributed by atoms with van der Waals surface area (Å²) < 4.78 is 0. The number of benzene rings is 2. The quantitative estimate of drug-likeness (QED) is 0.847. The van der Waals surface area contributed by atoms with Crippen molar-refractivity contribution in [3.05, 3.63) is 65.2 Å². The topological polar surface area (TPSA) is 70.6 Å². The predicted molar refractivity (Wildman–Crippen MR) is 100 cm³/mol. The summed E-state index contributed by atoms with van der Waals surface area (Å²) in [5.41, 5.74) is 4.42. The molecule has 0 saturated heterocycles. The van der Waals surface area contributed by atoms with E-state index in [-0.39, 0.29) is 11.8 Å². The number of hydrogen-bond acceptors (Lipinski definition) is 3. The summed E-state index contributed by atoms with van der Waals surface area (Å²) in [6.07, 6.45) is 4.57. The summed E-state index contributed by atoms with van der Waals surface area (Å²) in [5.74, 6) is -0.666. The van der Waals surface area contributed by atoms with Crippen LogP contribution >= 0.6 is 0 Å². The molecule has 0 saturated carbocycles. The van der Waals surface area contributed by atoms with E-state index >= 15 is 0 Å². The van der Waals surface area contributed by atoms with Crippen molar-refractivity contribution in [1.29, 1.82) is 0 Å². The van der Waals surface area contributed by atoms with Crippen molar-refractivity contribution in [2.24, 2.45) is 4.99 Å². The number of aryl methyl sites for hydroxylation is 2. The maximum Gasteiger partial charge on any atom is 0.252 e. The molecular weight excluding hydrogens is 314 g/mol. The number of fused-ring (bicyclic) bond motifs is 1. The number of aliphatic imine (C=N–C) groups is 1. The first kappa shape index (κ1) is 16.6. The Hall–Kier alpha value is -3.21. The Morgan fingerprint density at radius 2 is 1.88 bits per heavy atom. The third kappa shape index (κ3) is 4.01. The van der Waals surface area contributed by atoms with Gasteiger partial charge in [-0.2, -0.15) is 0 Å². The van der Waals surface area contributed by atoms with Gasteiger partial charge in [-0.25, -0.2) is 0 Å². The molecule has 5 heteroatoms. The Morgan fingerprint density at radius 1 is 1.16 bits per heavy atom. The third-order valence-corrected chi connectivity index (χ3v) is 4.04. The van der Waals surface area contributed by atoms with E-state index in [0.717, 1.165) is 16.7 Å². The first-order valence-electron chi connectivity index (χ1n) is 8.03. The normalized spacial score (nSPS) is 16.2. The fraction of sp³-hybridized carbons (Fsp3) is 0.150. The average Bonchev–Trinajstić information content (AvgIpc) is 2.74. The van der Waals surface area contributed by atoms with Crippen LogP contribution in [0.25, 0.3) is 6.08 Å². The molecule has 1 atom stereocenters. The van der Waals surface area contributed by atoms with E-state index in [9.17, 15) is 9.59 Å². The van der Waals surface area contributed by atoms with Gasteiger partial charge in [-0.15, -0.1) is 0 Å². The summed E-state index contributed by atoms with van der Waals surface area (Å²) in [6.45, 7) is 3.97. The van der Waals surface area contributed by atoms with Crippen molar-refractivity contribution in [2.75, 3.05) is 5.32 Å². The van der Waals surface area contributed by atoms with Crippen LogP contribution in [0, 0.1) is 13.8 Å². The second kappa shape index (κ2) is 7.13. The zero-order chi connectivity index (χ0) is 17.8. The van der Waals surface area contributed by atoms with Crippen LogP contribution in [-0.4, -0.2) is 24.1 Å². The lowest BCUT2D eigenvalue weighted by Gasteiger charge is -2.12. The molecule has 0 unspecified atom stereocenters. The van der Waals surface area contributed by atoms with Crippen molar-refractivity contribution >= 4 is 35.5 Å². The summed E-state index contributed by atoms with van der Waals surface area (Å²) in [5, 5.41) is 5.47. The molecule has 1 aliphatic rings. The van der Waals surface area contributed by atoms with Gasteiger partial charge in [0.05, 0.1) is 11.4 Å². The first-order chi connectivity index (χ1) is 12.0. The molecule has 5 nitrogen and oxygen atoms in total. The van der Waals surface area contributed by atoms with Crippen molar-refractivity contribution < 1.29 is 9.59 Å². The summed E-state index contributed by atoms with van der Waals surface area (Å²) in [4.78, 5) is 28.8. The molecule has 2 aromatic carbocycles. The van der Waals surface area contributed by atoms with Crippen molar-refractivity contribution in [3.63, 3.8) is 0 Å². The van der Waals surface area contributed by atoms with Crippen LogP contribution in [0.5, 0.6) is 0 Å². The molecule has 2 aromatic rings. The minimum atomic E-state index is -0.819. The van der Waals surface area contributed by atoms with Gasteiger partial charge in [-0.05, 0) is 48.7 Å². The number of carbonyl (C=O) groups excluding carboxylic acids is 2. The fourth-order valence-corrected chi connectivity index (χ4v) is 2.48. The van der Waals surface area contributed by atoms with Gasteiger partial charge in [0.25, 0.3) is 5.91 Å². The zero-order valence-corrected chi connectivity index (χ0v) is 14.1. The fourth-order valence-electron chi connectivity index (χ4n) is 2.48. The molecule has 0 spiro atoms. The lowest BCUT2D eigenvalue weighted by Crippen LogP contribution is -2.43. The van der Waals surface area contributed by atoms with Crippen molar-refractivity contribution in [3.8, 4) is 0 Å². The predicted octanol–water partition coefficient (Wildman–Crippen LogP) is 3.16. The molecule has 1 heterocycles. The van der Waals surface area contributed by atoms with Gasteiger partial charge >= 0.3 is 0 Å². The highest BCUT2D eigenvalue weighted by Gasteiger charge is 2.22. The number of nitrogens with zero attached hydrogens (tertiary/aromatic N) is 1. The lowest BCUT2D eigenvalue weighted by molar-refractivity contribution is -0.122. The molecule has 0 aliphatic carbocycles. The highest BCUT2D eigenvalue weighted by Crippen LogP contribution is 2.29. The van der Waals surface area contributed by atoms with E-state index in [1.54, 1.807) is 6.08 Å². The Labute approximate surface area is 146 Å². The van der Waals surface area contributed by atoms with Crippen LogP contribution in [0.4, 0.5) is 11.4 Å². The molecule has 2 N–H and O–H groups in total. The van der Waals surface area contributed by atoms with Crippen LogP contribution in [0.1, 0.15) is 16.7 Å². The number of carbonyl (C=O) groups is 2. The average molecular weight is 333 g/mol. The molecule has 0 aromatic heterocycles. The molecule has 126 valence electrons. The maximum atomic E-state index is 12.3. The summed E-state index contributed by atoms with van der Waals surface area (Å²) in [6, 6.07) is 12.5. The van der Waals surface area contributed by atoms with Gasteiger partial charge in [0.1, 0.15) is 6.04 Å². The van der Waals surface area contributed by atoms with E-state index < -0.39 is 6.04 Å². The smallest absolute Gasteiger partial charge is 0.252 e. The summed E-state index contributed by atoms with van der Waals surface area (Å²) >= 11 is 0. The van der Waals surface area contributed by atoms with Crippen molar-refractivity contribution in [1.82, 2.24) is 5.32 Å². The van der Waals surface area contributed by atoms with Gasteiger partial charge in [-0.3, -0.25) is 14.6 Å². The molecule has 2 amide bonds. The van der Waals surface area contributed by atoms with E-state index in [4.69, 9.17) is 0 Å². The number of anilines is 1. The van der Waals surface area contributed by atoms with E-state index in [1.807, 2.05) is 56.3 Å². The standard InChI is InChI=1S/C20H19N3O2/c1-13-10-16-17(11-14(13)2)23-20(25)18(12-21-16)22-19(24)9-8-15-6-4-3-5-7-15/h3-12,18H,1-2H3,(H,22,24)(H,23,25)/b9-8-/t18-/m0/s1. The molecule has 0 bridgehead atoms. The lowest BCUT2D eigenvalue weighted by atomic mass is 10.1. The minimum absolute atomic E-state index is 0.313. The van der Waals surface area contributed by atoms with E-state index in [1.165, 1.54) is 12.3 Å². The van der Waals surface area contributed by atoms with Crippen LogP contribution in [0.3, 0.4) is 0 Å². The monoisotopic (exact) mass is 333 g/mol. The third-order valence-electron chi connectivity index (χ3n) is 4.04. The second-order valence-corrected chi connectivity index (χ2v) is 5.95. The number of rotatable bonds is 3. The maximum absolute atomic E-state index is 12.3. The van der Waals surface area contributed by atoms with Crippen LogP contribution in [0.15, 0.2) is 53.5 Å². The van der Waals surface area contributed by atoms with Gasteiger partial charge in [0.2, 0.25) is 5.91 Å². The van der Waals surface area contributed by atoms with Crippen LogP contribution in [-0.2, 0) is 9.59 Å². The molecular formula is C20H19N3O2. The molecule has 0 fully saturated rings. The number of amides is 2. The summed E-state index contributed by atoms with van der Waals surface area (Å²) in [7, 11) is 0. The minimum Gasteiger partial charge on any atom is -0.336 e. The Bertz CT molecular complexity index is 870. The van der Waals surface area contributed by atoms with Gasteiger partial charge in [-0.1, -0.05) is 30.3 Å².